The lowest BCUT2D eigenvalue weighted by Gasteiger charge is -2.15. The van der Waals surface area contributed by atoms with Gasteiger partial charge in [-0.1, -0.05) is 0 Å². The zero-order valence-corrected chi connectivity index (χ0v) is 12.6. The molecule has 2 rings (SSSR count). The lowest BCUT2D eigenvalue weighted by atomic mass is 10.1. The van der Waals surface area contributed by atoms with E-state index in [-0.39, 0.29) is 6.54 Å². The second-order valence-corrected chi connectivity index (χ2v) is 5.41. The van der Waals surface area contributed by atoms with Crippen LogP contribution >= 0.6 is 0 Å². The molecular formula is C15H15F3N2O3. The summed E-state index contributed by atoms with van der Waals surface area (Å²) < 4.78 is 42.1. The van der Waals surface area contributed by atoms with Crippen molar-refractivity contribution in [2.45, 2.75) is 13.0 Å². The van der Waals surface area contributed by atoms with E-state index in [1.807, 2.05) is 19.0 Å². The second kappa shape index (κ2) is 6.41. The number of aromatic nitrogens is 1. The maximum atomic E-state index is 14.1. The van der Waals surface area contributed by atoms with Crippen LogP contribution in [0.2, 0.25) is 0 Å². The summed E-state index contributed by atoms with van der Waals surface area (Å²) in [5, 5.41) is 8.58. The highest BCUT2D eigenvalue weighted by atomic mass is 19.2. The maximum absolute atomic E-state index is 14.1. The minimum absolute atomic E-state index is 0.150. The van der Waals surface area contributed by atoms with Crippen molar-refractivity contribution in [3.63, 3.8) is 0 Å². The molecule has 0 radical (unpaired) electrons. The molecule has 124 valence electrons. The molecule has 0 bridgehead atoms. The van der Waals surface area contributed by atoms with Crippen LogP contribution in [-0.4, -0.2) is 41.2 Å². The van der Waals surface area contributed by atoms with Crippen LogP contribution in [0.3, 0.4) is 0 Å². The minimum atomic E-state index is -1.69. The van der Waals surface area contributed by atoms with Gasteiger partial charge in [0, 0.05) is 12.7 Å². The molecule has 0 unspecified atom stereocenters. The Morgan fingerprint density at radius 2 is 1.91 bits per heavy atom. The highest BCUT2D eigenvalue weighted by Gasteiger charge is 2.21. The average molecular weight is 328 g/mol. The van der Waals surface area contributed by atoms with Gasteiger partial charge in [-0.25, -0.2) is 18.0 Å². The van der Waals surface area contributed by atoms with Gasteiger partial charge in [0.05, 0.1) is 10.9 Å². The number of aryl methyl sites for hydroxylation is 1. The van der Waals surface area contributed by atoms with Crippen molar-refractivity contribution in [3.8, 4) is 0 Å². The van der Waals surface area contributed by atoms with E-state index in [2.05, 4.69) is 0 Å². The summed E-state index contributed by atoms with van der Waals surface area (Å²) >= 11 is 0. The van der Waals surface area contributed by atoms with Crippen LogP contribution < -0.4 is 5.43 Å². The van der Waals surface area contributed by atoms with Crippen LogP contribution in [0.4, 0.5) is 13.2 Å². The Morgan fingerprint density at radius 3 is 2.48 bits per heavy atom. The first-order chi connectivity index (χ1) is 10.7. The molecule has 0 spiro atoms. The van der Waals surface area contributed by atoms with E-state index in [1.165, 1.54) is 0 Å². The zero-order chi connectivity index (χ0) is 17.3. The number of rotatable bonds is 5. The molecule has 23 heavy (non-hydrogen) atoms. The average Bonchev–Trinajstić information content (AvgIpc) is 2.46. The number of nitrogens with zero attached hydrogens (tertiary/aromatic N) is 2. The number of pyridine rings is 1. The fraction of sp³-hybridized carbons (Fsp3) is 0.333. The van der Waals surface area contributed by atoms with Crippen LogP contribution in [0.5, 0.6) is 0 Å². The fourth-order valence-corrected chi connectivity index (χ4v) is 2.35. The molecule has 0 fully saturated rings. The Bertz CT molecular complexity index is 831. The quantitative estimate of drug-likeness (QED) is 0.854. The Balaban J connectivity index is 2.72. The first kappa shape index (κ1) is 17.0. The van der Waals surface area contributed by atoms with Gasteiger partial charge in [0.15, 0.2) is 17.5 Å². The van der Waals surface area contributed by atoms with Crippen LogP contribution in [0.1, 0.15) is 16.8 Å². The highest BCUT2D eigenvalue weighted by molar-refractivity contribution is 5.92. The predicted molar refractivity (Wildman–Crippen MR) is 78.2 cm³/mol. The normalized spacial score (nSPS) is 11.4. The molecule has 0 aliphatic rings. The molecule has 0 amide bonds. The van der Waals surface area contributed by atoms with E-state index in [0.717, 1.165) is 10.8 Å². The first-order valence-corrected chi connectivity index (χ1v) is 6.82. The van der Waals surface area contributed by atoms with Crippen LogP contribution in [-0.2, 0) is 6.54 Å². The predicted octanol–water partition coefficient (Wildman–Crippen LogP) is 2.07. The molecular weight excluding hydrogens is 313 g/mol. The number of benzene rings is 1. The van der Waals surface area contributed by atoms with E-state index in [0.29, 0.717) is 19.0 Å². The van der Waals surface area contributed by atoms with Gasteiger partial charge >= 0.3 is 5.97 Å². The SMILES string of the molecule is CN(C)CCCn1cc(C(=O)O)c(=O)c2cc(F)c(F)c(F)c21. The summed E-state index contributed by atoms with van der Waals surface area (Å²) in [5.41, 5.74) is -2.10. The number of aromatic carboxylic acids is 1. The van der Waals surface area contributed by atoms with Crippen LogP contribution in [0.15, 0.2) is 17.1 Å². The number of carbonyl (C=O) groups is 1. The second-order valence-electron chi connectivity index (χ2n) is 5.41. The molecule has 2 aromatic rings. The Morgan fingerprint density at radius 1 is 1.26 bits per heavy atom. The molecule has 0 aliphatic carbocycles. The Hall–Kier alpha value is -2.35. The smallest absolute Gasteiger partial charge is 0.341 e. The van der Waals surface area contributed by atoms with Crippen molar-refractivity contribution < 1.29 is 23.1 Å². The van der Waals surface area contributed by atoms with Gasteiger partial charge in [0.25, 0.3) is 0 Å². The number of carboxylic acid groups (broad SMARTS) is 1. The Labute approximate surface area is 129 Å². The maximum Gasteiger partial charge on any atom is 0.341 e. The number of carboxylic acids is 1. The van der Waals surface area contributed by atoms with Gasteiger partial charge in [-0.15, -0.1) is 0 Å². The van der Waals surface area contributed by atoms with Gasteiger partial charge in [0.1, 0.15) is 5.56 Å². The summed E-state index contributed by atoms with van der Waals surface area (Å²) in [4.78, 5) is 25.1. The molecule has 0 atom stereocenters. The highest BCUT2D eigenvalue weighted by Crippen LogP contribution is 2.22. The van der Waals surface area contributed by atoms with E-state index in [4.69, 9.17) is 5.11 Å². The lowest BCUT2D eigenvalue weighted by Crippen LogP contribution is -2.22. The molecule has 1 aromatic heterocycles. The summed E-state index contributed by atoms with van der Waals surface area (Å²) in [6.07, 6.45) is 1.46. The third-order valence-corrected chi connectivity index (χ3v) is 3.43. The van der Waals surface area contributed by atoms with Gasteiger partial charge in [-0.05, 0) is 33.1 Å². The first-order valence-electron chi connectivity index (χ1n) is 6.82. The van der Waals surface area contributed by atoms with E-state index >= 15 is 0 Å². The fourth-order valence-electron chi connectivity index (χ4n) is 2.35. The van der Waals surface area contributed by atoms with Crippen molar-refractivity contribution in [3.05, 3.63) is 45.5 Å². The standard InChI is InChI=1S/C15H15F3N2O3/c1-19(2)4-3-5-20-7-9(15(22)23)14(21)8-6-10(16)11(17)12(18)13(8)20/h6-7H,3-5H2,1-2H3,(H,22,23). The third-order valence-electron chi connectivity index (χ3n) is 3.43. The minimum Gasteiger partial charge on any atom is -0.477 e. The van der Waals surface area contributed by atoms with Crippen LogP contribution in [0, 0.1) is 17.5 Å². The van der Waals surface area contributed by atoms with Crippen molar-refractivity contribution >= 4 is 16.9 Å². The third kappa shape index (κ3) is 3.21. The zero-order valence-electron chi connectivity index (χ0n) is 12.6. The van der Waals surface area contributed by atoms with E-state index < -0.39 is 45.3 Å². The van der Waals surface area contributed by atoms with Crippen LogP contribution in [0.25, 0.3) is 10.9 Å². The van der Waals surface area contributed by atoms with Gasteiger partial charge < -0.3 is 14.6 Å². The van der Waals surface area contributed by atoms with Crippen molar-refractivity contribution in [1.29, 1.82) is 0 Å². The largest absolute Gasteiger partial charge is 0.477 e. The summed E-state index contributed by atoms with van der Waals surface area (Å²) in [7, 11) is 3.64. The number of hydrogen-bond acceptors (Lipinski definition) is 3. The lowest BCUT2D eigenvalue weighted by molar-refractivity contribution is 0.0694. The summed E-state index contributed by atoms with van der Waals surface area (Å²) in [6, 6.07) is 0.533. The van der Waals surface area contributed by atoms with Gasteiger partial charge in [-0.3, -0.25) is 4.79 Å². The molecule has 0 saturated heterocycles. The van der Waals surface area contributed by atoms with Gasteiger partial charge in [0.2, 0.25) is 5.43 Å². The molecule has 1 heterocycles. The number of halogens is 3. The topological polar surface area (TPSA) is 62.5 Å². The monoisotopic (exact) mass is 328 g/mol. The van der Waals surface area contributed by atoms with E-state index in [1.54, 1.807) is 0 Å². The van der Waals surface area contributed by atoms with Crippen molar-refractivity contribution in [2.75, 3.05) is 20.6 Å². The number of fused-ring (bicyclic) bond motifs is 1. The number of hydrogen-bond donors (Lipinski definition) is 1. The molecule has 5 nitrogen and oxygen atoms in total. The van der Waals surface area contributed by atoms with E-state index in [9.17, 15) is 22.8 Å². The van der Waals surface area contributed by atoms with Crippen molar-refractivity contribution in [2.24, 2.45) is 0 Å². The molecule has 1 aromatic carbocycles. The summed E-state index contributed by atoms with van der Waals surface area (Å²) in [5.74, 6) is -6.24. The molecule has 8 heteroatoms. The van der Waals surface area contributed by atoms with Gasteiger partial charge in [-0.2, -0.15) is 0 Å². The Kier molecular flexibility index (Phi) is 4.74. The molecule has 1 N–H and O–H groups in total. The molecule has 0 saturated carbocycles. The summed E-state index contributed by atoms with van der Waals surface area (Å²) in [6.45, 7) is 0.762. The van der Waals surface area contributed by atoms with Crippen molar-refractivity contribution in [1.82, 2.24) is 9.47 Å². The molecule has 0 aliphatic heterocycles.